The van der Waals surface area contributed by atoms with Gasteiger partial charge in [-0.15, -0.1) is 0 Å². The summed E-state index contributed by atoms with van der Waals surface area (Å²) >= 11 is 0. The lowest BCUT2D eigenvalue weighted by molar-refractivity contribution is 0.606. The second-order valence-corrected chi connectivity index (χ2v) is 3.73. The van der Waals surface area contributed by atoms with Crippen LogP contribution in [0.25, 0.3) is 0 Å². The first-order chi connectivity index (χ1) is 7.63. The smallest absolute Gasteiger partial charge is 0.141 e. The molecule has 0 unspecified atom stereocenters. The molecule has 86 valence electrons. The van der Waals surface area contributed by atoms with Crippen LogP contribution in [0.1, 0.15) is 30.9 Å². The molecule has 0 aromatic heterocycles. The highest BCUT2D eigenvalue weighted by molar-refractivity contribution is 5.23. The van der Waals surface area contributed by atoms with Crippen LogP contribution in [0.4, 0.5) is 8.78 Å². The van der Waals surface area contributed by atoms with Crippen LogP contribution in [0.2, 0.25) is 0 Å². The van der Waals surface area contributed by atoms with Crippen molar-refractivity contribution in [3.63, 3.8) is 0 Å². The normalized spacial score (nSPS) is 9.75. The van der Waals surface area contributed by atoms with E-state index in [-0.39, 0.29) is 11.6 Å². The van der Waals surface area contributed by atoms with Crippen molar-refractivity contribution < 1.29 is 8.78 Å². The number of aryl methyl sites for hydroxylation is 2. The van der Waals surface area contributed by atoms with E-state index < -0.39 is 0 Å². The van der Waals surface area contributed by atoms with E-state index in [4.69, 9.17) is 0 Å². The highest BCUT2D eigenvalue weighted by Gasteiger charge is 1.98. The quantitative estimate of drug-likeness (QED) is 0.659. The van der Waals surface area contributed by atoms with Gasteiger partial charge in [0, 0.05) is 6.42 Å². The third kappa shape index (κ3) is 4.00. The zero-order valence-electron chi connectivity index (χ0n) is 9.69. The maximum absolute atomic E-state index is 13.2. The Bertz CT molecular complexity index is 413. The van der Waals surface area contributed by atoms with Gasteiger partial charge in [0.05, 0.1) is 0 Å². The minimum Gasteiger partial charge on any atom is -0.207 e. The predicted molar refractivity (Wildman–Crippen MR) is 62.5 cm³/mol. The molecular formula is C14H16F2. The molecule has 0 aliphatic heterocycles. The number of rotatable bonds is 4. The number of hydrogen-bond acceptors (Lipinski definition) is 0. The fourth-order valence-electron chi connectivity index (χ4n) is 1.32. The van der Waals surface area contributed by atoms with Gasteiger partial charge in [-0.2, -0.15) is 0 Å². The number of halogens is 2. The van der Waals surface area contributed by atoms with E-state index >= 15 is 0 Å². The molecule has 0 heterocycles. The number of benzene rings is 1. The van der Waals surface area contributed by atoms with Gasteiger partial charge in [-0.1, -0.05) is 24.8 Å². The van der Waals surface area contributed by atoms with Gasteiger partial charge in [-0.3, -0.25) is 0 Å². The lowest BCUT2D eigenvalue weighted by Crippen LogP contribution is -1.87. The molecule has 0 aliphatic carbocycles. The third-order valence-electron chi connectivity index (χ3n) is 2.38. The average molecular weight is 222 g/mol. The second-order valence-electron chi connectivity index (χ2n) is 3.73. The van der Waals surface area contributed by atoms with Crippen molar-refractivity contribution in [3.8, 4) is 0 Å². The fraction of sp³-hybridized carbons (Fsp3) is 0.357. The molecule has 0 N–H and O–H groups in total. The predicted octanol–water partition coefficient (Wildman–Crippen LogP) is 4.49. The Labute approximate surface area is 95.3 Å². The van der Waals surface area contributed by atoms with Crippen molar-refractivity contribution in [2.75, 3.05) is 0 Å². The van der Waals surface area contributed by atoms with Crippen LogP contribution in [0, 0.1) is 12.7 Å². The summed E-state index contributed by atoms with van der Waals surface area (Å²) < 4.78 is 25.9. The zero-order chi connectivity index (χ0) is 12.0. The van der Waals surface area contributed by atoms with Crippen molar-refractivity contribution in [3.05, 3.63) is 52.8 Å². The standard InChI is InChI=1S/C14H16F2/c1-3-13(15)7-5-4-6-12-9-8-11(2)14(16)10-12/h5,8-10H,3-4,6H2,1-2H3. The van der Waals surface area contributed by atoms with Crippen LogP contribution >= 0.6 is 0 Å². The Kier molecular flexibility index (Phi) is 4.94. The summed E-state index contributed by atoms with van der Waals surface area (Å²) in [5.41, 5.74) is 4.14. The maximum atomic E-state index is 13.2. The van der Waals surface area contributed by atoms with Crippen LogP contribution in [0.3, 0.4) is 0 Å². The minimum atomic E-state index is -0.241. The third-order valence-corrected chi connectivity index (χ3v) is 2.38. The van der Waals surface area contributed by atoms with Crippen LogP contribution < -0.4 is 0 Å². The Morgan fingerprint density at radius 1 is 1.44 bits per heavy atom. The van der Waals surface area contributed by atoms with Crippen LogP contribution in [-0.2, 0) is 6.42 Å². The van der Waals surface area contributed by atoms with E-state index in [9.17, 15) is 8.78 Å². The second kappa shape index (κ2) is 6.24. The van der Waals surface area contributed by atoms with Crippen LogP contribution in [0.15, 0.2) is 35.8 Å². The Morgan fingerprint density at radius 2 is 2.19 bits per heavy atom. The van der Waals surface area contributed by atoms with Crippen molar-refractivity contribution in [1.29, 1.82) is 0 Å². The van der Waals surface area contributed by atoms with Gasteiger partial charge in [-0.05, 0) is 43.0 Å². The van der Waals surface area contributed by atoms with E-state index in [1.807, 2.05) is 6.07 Å². The van der Waals surface area contributed by atoms with Gasteiger partial charge in [0.1, 0.15) is 11.6 Å². The van der Waals surface area contributed by atoms with E-state index in [1.165, 1.54) is 6.07 Å². The van der Waals surface area contributed by atoms with Gasteiger partial charge >= 0.3 is 0 Å². The molecule has 0 atom stereocenters. The van der Waals surface area contributed by atoms with Crippen LogP contribution in [-0.4, -0.2) is 0 Å². The van der Waals surface area contributed by atoms with Gasteiger partial charge in [0.15, 0.2) is 0 Å². The molecular weight excluding hydrogens is 206 g/mol. The van der Waals surface area contributed by atoms with E-state index in [0.29, 0.717) is 24.8 Å². The molecule has 0 radical (unpaired) electrons. The molecule has 1 aromatic carbocycles. The summed E-state index contributed by atoms with van der Waals surface area (Å²) in [6.45, 7) is 3.48. The average Bonchev–Trinajstić information content (AvgIpc) is 2.28. The van der Waals surface area contributed by atoms with E-state index in [0.717, 1.165) is 5.56 Å². The van der Waals surface area contributed by atoms with E-state index in [2.05, 4.69) is 5.73 Å². The van der Waals surface area contributed by atoms with Crippen molar-refractivity contribution in [1.82, 2.24) is 0 Å². The lowest BCUT2D eigenvalue weighted by atomic mass is 10.1. The Morgan fingerprint density at radius 3 is 2.81 bits per heavy atom. The molecule has 0 aliphatic rings. The van der Waals surface area contributed by atoms with Crippen LogP contribution in [0.5, 0.6) is 0 Å². The van der Waals surface area contributed by atoms with E-state index in [1.54, 1.807) is 26.0 Å². The summed E-state index contributed by atoms with van der Waals surface area (Å²) in [6.07, 6.45) is 3.42. The molecule has 0 fully saturated rings. The molecule has 2 heteroatoms. The van der Waals surface area contributed by atoms with Crippen molar-refractivity contribution in [2.45, 2.75) is 33.1 Å². The number of hydrogen-bond donors (Lipinski definition) is 0. The van der Waals surface area contributed by atoms with Gasteiger partial charge < -0.3 is 0 Å². The first kappa shape index (κ1) is 12.7. The molecule has 1 aromatic rings. The first-order valence-electron chi connectivity index (χ1n) is 5.48. The summed E-state index contributed by atoms with van der Waals surface area (Å²) in [6, 6.07) is 5.19. The summed E-state index contributed by atoms with van der Waals surface area (Å²) in [5.74, 6) is -0.424. The lowest BCUT2D eigenvalue weighted by Gasteiger charge is -2.00. The van der Waals surface area contributed by atoms with Crippen molar-refractivity contribution in [2.24, 2.45) is 0 Å². The highest BCUT2D eigenvalue weighted by atomic mass is 19.1. The fourth-order valence-corrected chi connectivity index (χ4v) is 1.32. The Hall–Kier alpha value is -1.40. The largest absolute Gasteiger partial charge is 0.207 e. The van der Waals surface area contributed by atoms with Gasteiger partial charge in [-0.25, -0.2) is 8.78 Å². The zero-order valence-corrected chi connectivity index (χ0v) is 9.69. The summed E-state index contributed by atoms with van der Waals surface area (Å²) in [5, 5.41) is 0. The molecule has 0 saturated carbocycles. The van der Waals surface area contributed by atoms with Gasteiger partial charge in [0.25, 0.3) is 0 Å². The Balaban J connectivity index is 2.56. The molecule has 1 rings (SSSR count). The summed E-state index contributed by atoms with van der Waals surface area (Å²) in [4.78, 5) is 0. The SMILES string of the molecule is CCC(F)=C=CCCc1ccc(C)c(F)c1. The molecule has 16 heavy (non-hydrogen) atoms. The maximum Gasteiger partial charge on any atom is 0.141 e. The molecule has 0 amide bonds. The molecule has 0 spiro atoms. The first-order valence-corrected chi connectivity index (χ1v) is 5.48. The molecule has 0 bridgehead atoms. The number of allylic oxidation sites excluding steroid dienone is 1. The van der Waals surface area contributed by atoms with Gasteiger partial charge in [0.2, 0.25) is 0 Å². The topological polar surface area (TPSA) is 0 Å². The summed E-state index contributed by atoms with van der Waals surface area (Å²) in [7, 11) is 0. The van der Waals surface area contributed by atoms with Crippen molar-refractivity contribution >= 4 is 0 Å². The monoisotopic (exact) mass is 222 g/mol. The molecule has 0 nitrogen and oxygen atoms in total. The minimum absolute atomic E-state index is 0.184. The highest BCUT2D eigenvalue weighted by Crippen LogP contribution is 2.11. The molecule has 0 saturated heterocycles.